The summed E-state index contributed by atoms with van der Waals surface area (Å²) in [5.41, 5.74) is -0.0344. The summed E-state index contributed by atoms with van der Waals surface area (Å²) in [7, 11) is 0. The second-order valence-electron chi connectivity index (χ2n) is 5.37. The van der Waals surface area contributed by atoms with Gasteiger partial charge < -0.3 is 9.39 Å². The first kappa shape index (κ1) is 13.3. The first-order valence-electron chi connectivity index (χ1n) is 5.81. The van der Waals surface area contributed by atoms with Crippen LogP contribution in [-0.2, 0) is 14.2 Å². The third-order valence-electron chi connectivity index (χ3n) is 3.52. The van der Waals surface area contributed by atoms with Gasteiger partial charge in [-0.3, -0.25) is 0 Å². The molecule has 0 radical (unpaired) electrons. The molecule has 90 valence electrons. The van der Waals surface area contributed by atoms with Gasteiger partial charge in [-0.05, 0) is 32.5 Å². The van der Waals surface area contributed by atoms with Crippen LogP contribution in [0, 0.1) is 5.41 Å². The summed E-state index contributed by atoms with van der Waals surface area (Å²) in [6.07, 6.45) is 2.39. The van der Waals surface area contributed by atoms with E-state index in [4.69, 9.17) is 9.39 Å². The van der Waals surface area contributed by atoms with Crippen LogP contribution in [-0.4, -0.2) is 25.1 Å². The van der Waals surface area contributed by atoms with Crippen molar-refractivity contribution in [3.8, 4) is 0 Å². The molecule has 1 aliphatic heterocycles. The monoisotopic (exact) mass is 224 g/mol. The van der Waals surface area contributed by atoms with E-state index in [0.717, 1.165) is 6.32 Å². The average Bonchev–Trinajstić information content (AvgIpc) is 2.33. The maximum Gasteiger partial charge on any atom is 0.329 e. The topological polar surface area (TPSA) is 35.5 Å². The molecule has 0 unspecified atom stereocenters. The van der Waals surface area contributed by atoms with Crippen LogP contribution >= 0.6 is 0 Å². The largest absolute Gasteiger partial charge is 0.463 e. The molecule has 1 heterocycles. The molecule has 0 N–H and O–H groups in total. The molecule has 1 saturated heterocycles. The van der Waals surface area contributed by atoms with Crippen molar-refractivity contribution in [1.29, 1.82) is 0 Å². The molecule has 1 fully saturated rings. The van der Waals surface area contributed by atoms with Crippen LogP contribution in [0.1, 0.15) is 34.6 Å². The van der Waals surface area contributed by atoms with E-state index in [1.807, 2.05) is 0 Å². The summed E-state index contributed by atoms with van der Waals surface area (Å²) in [6.45, 7) is 10.8. The minimum absolute atomic E-state index is 0.00871. The quantitative estimate of drug-likeness (QED) is 0.419. The third kappa shape index (κ3) is 2.88. The zero-order valence-electron chi connectivity index (χ0n) is 10.9. The second-order valence-corrected chi connectivity index (χ2v) is 5.37. The Balaban J connectivity index is 2.57. The lowest BCUT2D eigenvalue weighted by Gasteiger charge is -2.34. The van der Waals surface area contributed by atoms with Crippen molar-refractivity contribution < 1.29 is 14.2 Å². The Labute approximate surface area is 98.3 Å². The van der Waals surface area contributed by atoms with Gasteiger partial charge in [0, 0.05) is 6.08 Å². The van der Waals surface area contributed by atoms with Crippen molar-refractivity contribution in [2.24, 2.45) is 5.41 Å². The summed E-state index contributed by atoms with van der Waals surface area (Å²) in [4.78, 5) is 11.2. The molecule has 1 rings (SSSR count). The summed E-state index contributed by atoms with van der Waals surface area (Å²) in [5.74, 6) is 1.50. The van der Waals surface area contributed by atoms with Gasteiger partial charge in [-0.15, -0.1) is 0 Å². The normalized spacial score (nSPS) is 22.7. The maximum atomic E-state index is 11.2. The lowest BCUT2D eigenvalue weighted by Crippen LogP contribution is -2.34. The van der Waals surface area contributed by atoms with E-state index >= 15 is 0 Å². The van der Waals surface area contributed by atoms with Crippen molar-refractivity contribution in [1.82, 2.24) is 0 Å². The highest BCUT2D eigenvalue weighted by atomic mass is 16.5. The number of esters is 1. The van der Waals surface area contributed by atoms with Gasteiger partial charge in [0.05, 0.1) is 12.2 Å². The van der Waals surface area contributed by atoms with Gasteiger partial charge in [0.2, 0.25) is 0 Å². The molecule has 0 atom stereocenters. The summed E-state index contributed by atoms with van der Waals surface area (Å²) in [6, 6.07) is 0. The molecule has 0 aromatic carbocycles. The van der Waals surface area contributed by atoms with E-state index in [-0.39, 0.29) is 23.9 Å². The Morgan fingerprint density at radius 2 is 2.06 bits per heavy atom. The lowest BCUT2D eigenvalue weighted by molar-refractivity contribution is -0.137. The van der Waals surface area contributed by atoms with E-state index in [1.165, 1.54) is 6.08 Å². The van der Waals surface area contributed by atoms with Gasteiger partial charge in [-0.25, -0.2) is 4.79 Å². The van der Waals surface area contributed by atoms with Crippen LogP contribution in [0.2, 0.25) is 6.32 Å². The Kier molecular flexibility index (Phi) is 3.84. The molecule has 16 heavy (non-hydrogen) atoms. The van der Waals surface area contributed by atoms with Crippen molar-refractivity contribution in [3.63, 3.8) is 0 Å². The van der Waals surface area contributed by atoms with E-state index in [1.54, 1.807) is 12.9 Å². The Morgan fingerprint density at radius 1 is 1.44 bits per heavy atom. The molecule has 0 spiro atoms. The van der Waals surface area contributed by atoms with Gasteiger partial charge in [0.25, 0.3) is 0 Å². The number of carbonyl (C=O) groups is 1. The van der Waals surface area contributed by atoms with Crippen LogP contribution in [0.15, 0.2) is 12.1 Å². The van der Waals surface area contributed by atoms with Crippen molar-refractivity contribution in [2.45, 2.75) is 46.5 Å². The second kappa shape index (κ2) is 4.62. The predicted molar refractivity (Wildman–Crippen MR) is 65.3 cm³/mol. The highest BCUT2D eigenvalue weighted by molar-refractivity contribution is 6.59. The fraction of sp³-hybridized carbons (Fsp3) is 0.750. The highest BCUT2D eigenvalue weighted by Gasteiger charge is 2.48. The zero-order valence-corrected chi connectivity index (χ0v) is 10.9. The first-order chi connectivity index (χ1) is 7.28. The molecule has 0 bridgehead atoms. The van der Waals surface area contributed by atoms with E-state index in [0.29, 0.717) is 6.61 Å². The number of rotatable bonds is 3. The minimum Gasteiger partial charge on any atom is -0.463 e. The molecule has 3 nitrogen and oxygen atoms in total. The van der Waals surface area contributed by atoms with Gasteiger partial charge in [0.1, 0.15) is 0 Å². The molecule has 0 amide bonds. The maximum absolute atomic E-state index is 11.2. The standard InChI is InChI=1S/C12H21BO3/c1-6-15-10(14)7-8-13-9-11(2,3)12(4,5)16-13/h7-8H,6,9H2,1-5H3/b8-7+. The smallest absolute Gasteiger partial charge is 0.329 e. The fourth-order valence-electron chi connectivity index (χ4n) is 1.81. The number of carbonyl (C=O) groups excluding carboxylic acids is 1. The average molecular weight is 224 g/mol. The van der Waals surface area contributed by atoms with E-state index < -0.39 is 0 Å². The van der Waals surface area contributed by atoms with Crippen molar-refractivity contribution >= 4 is 12.9 Å². The predicted octanol–water partition coefficient (Wildman–Crippen LogP) is 2.47. The Morgan fingerprint density at radius 3 is 2.50 bits per heavy atom. The SMILES string of the molecule is CCOC(=O)/C=C/B1CC(C)(C)C(C)(C)O1. The molecule has 1 aliphatic rings. The molecular weight excluding hydrogens is 203 g/mol. The van der Waals surface area contributed by atoms with Gasteiger partial charge in [-0.1, -0.05) is 19.8 Å². The molecule has 4 heteroatoms. The molecule has 0 saturated carbocycles. The number of ether oxygens (including phenoxy) is 1. The molecule has 0 aromatic rings. The highest BCUT2D eigenvalue weighted by Crippen LogP contribution is 2.45. The number of hydrogen-bond donors (Lipinski definition) is 0. The van der Waals surface area contributed by atoms with Crippen LogP contribution in [0.3, 0.4) is 0 Å². The first-order valence-corrected chi connectivity index (χ1v) is 5.81. The van der Waals surface area contributed by atoms with Gasteiger partial charge >= 0.3 is 12.9 Å². The Bertz CT molecular complexity index is 279. The molecule has 0 aliphatic carbocycles. The zero-order chi connectivity index (χ0) is 12.4. The molecule has 0 aromatic heterocycles. The summed E-state index contributed by atoms with van der Waals surface area (Å²) in [5, 5.41) is 0. The van der Waals surface area contributed by atoms with Crippen molar-refractivity contribution in [2.75, 3.05) is 6.61 Å². The van der Waals surface area contributed by atoms with Crippen LogP contribution in [0.25, 0.3) is 0 Å². The van der Waals surface area contributed by atoms with Crippen molar-refractivity contribution in [3.05, 3.63) is 12.1 Å². The minimum atomic E-state index is -0.298. The third-order valence-corrected chi connectivity index (χ3v) is 3.52. The van der Waals surface area contributed by atoms with Crippen LogP contribution in [0.4, 0.5) is 0 Å². The van der Waals surface area contributed by atoms with Gasteiger partial charge in [0.15, 0.2) is 0 Å². The van der Waals surface area contributed by atoms with E-state index in [9.17, 15) is 4.79 Å². The molecular formula is C12H21BO3. The van der Waals surface area contributed by atoms with Crippen LogP contribution in [0.5, 0.6) is 0 Å². The summed E-state index contributed by atoms with van der Waals surface area (Å²) >= 11 is 0. The van der Waals surface area contributed by atoms with E-state index in [2.05, 4.69) is 27.7 Å². The van der Waals surface area contributed by atoms with Crippen LogP contribution < -0.4 is 0 Å². The fourth-order valence-corrected chi connectivity index (χ4v) is 1.81. The Hall–Kier alpha value is -0.765. The summed E-state index contributed by atoms with van der Waals surface area (Å²) < 4.78 is 10.7. The lowest BCUT2D eigenvalue weighted by atomic mass is 9.58. The van der Waals surface area contributed by atoms with Gasteiger partial charge in [-0.2, -0.15) is 0 Å². The number of hydrogen-bond acceptors (Lipinski definition) is 3.